The summed E-state index contributed by atoms with van der Waals surface area (Å²) in [6, 6.07) is 6.96. The Kier molecular flexibility index (Phi) is 4.59. The fourth-order valence-electron chi connectivity index (χ4n) is 1.93. The van der Waals surface area contributed by atoms with Gasteiger partial charge in [0.15, 0.2) is 0 Å². The Bertz CT molecular complexity index is 743. The third-order valence-corrected chi connectivity index (χ3v) is 2.99. The number of anilines is 1. The highest BCUT2D eigenvalue weighted by Gasteiger charge is 2.16. The van der Waals surface area contributed by atoms with Crippen molar-refractivity contribution in [3.8, 4) is 12.3 Å². The normalized spacial score (nSPS) is 9.86. The number of aromatic nitrogens is 2. The molecule has 112 valence electrons. The maximum atomic E-state index is 12.1. The van der Waals surface area contributed by atoms with E-state index in [1.165, 1.54) is 15.8 Å². The van der Waals surface area contributed by atoms with Crippen LogP contribution >= 0.6 is 0 Å². The Morgan fingerprint density at radius 2 is 2.23 bits per heavy atom. The van der Waals surface area contributed by atoms with Gasteiger partial charge in [-0.2, -0.15) is 5.10 Å². The fourth-order valence-corrected chi connectivity index (χ4v) is 1.93. The van der Waals surface area contributed by atoms with Crippen molar-refractivity contribution in [2.75, 3.05) is 18.9 Å². The first kappa shape index (κ1) is 15.3. The van der Waals surface area contributed by atoms with Crippen molar-refractivity contribution in [3.63, 3.8) is 0 Å². The van der Waals surface area contributed by atoms with E-state index in [-0.39, 0.29) is 18.4 Å². The number of benzene rings is 1. The number of nitrogens with one attached hydrogen (secondary N) is 1. The molecule has 1 aromatic carbocycles. The van der Waals surface area contributed by atoms with Crippen LogP contribution in [0.5, 0.6) is 0 Å². The van der Waals surface area contributed by atoms with Crippen molar-refractivity contribution < 1.29 is 9.59 Å². The molecule has 1 aromatic heterocycles. The molecule has 0 bridgehead atoms. The van der Waals surface area contributed by atoms with Crippen LogP contribution in [0.4, 0.5) is 5.69 Å². The molecule has 0 aliphatic rings. The minimum absolute atomic E-state index is 0.0615. The monoisotopic (exact) mass is 296 g/mol. The highest BCUT2D eigenvalue weighted by molar-refractivity contribution is 5.99. The van der Waals surface area contributed by atoms with Gasteiger partial charge in [-0.15, -0.1) is 6.42 Å². The van der Waals surface area contributed by atoms with Gasteiger partial charge in [0.1, 0.15) is 0 Å². The molecule has 0 spiro atoms. The summed E-state index contributed by atoms with van der Waals surface area (Å²) in [7, 11) is 3.29. The molecule has 6 nitrogen and oxygen atoms in total. The van der Waals surface area contributed by atoms with Crippen LogP contribution in [0.15, 0.2) is 36.7 Å². The summed E-state index contributed by atoms with van der Waals surface area (Å²) in [6.07, 6.45) is 8.38. The van der Waals surface area contributed by atoms with Crippen molar-refractivity contribution in [1.82, 2.24) is 14.7 Å². The van der Waals surface area contributed by atoms with Crippen molar-refractivity contribution >= 4 is 17.5 Å². The maximum absolute atomic E-state index is 12.1. The van der Waals surface area contributed by atoms with Gasteiger partial charge in [-0.05, 0) is 18.2 Å². The van der Waals surface area contributed by atoms with Gasteiger partial charge < -0.3 is 10.2 Å². The zero-order chi connectivity index (χ0) is 16.1. The second-order valence-corrected chi connectivity index (χ2v) is 4.84. The standard InChI is InChI=1S/C16H16N4O2/c1-4-12-6-5-7-14(8-12)18-15(21)11-19(2)16(22)13-9-17-20(3)10-13/h1,5-10H,11H2,2-3H3,(H,18,21). The number of nitrogens with zero attached hydrogens (tertiary/aromatic N) is 3. The first-order chi connectivity index (χ1) is 10.5. The van der Waals surface area contributed by atoms with Gasteiger partial charge in [0.2, 0.25) is 5.91 Å². The number of rotatable bonds is 4. The molecule has 2 rings (SSSR count). The largest absolute Gasteiger partial charge is 0.332 e. The molecule has 0 aliphatic carbocycles. The predicted octanol–water partition coefficient (Wildman–Crippen LogP) is 1.11. The van der Waals surface area contributed by atoms with Crippen molar-refractivity contribution in [2.24, 2.45) is 7.05 Å². The van der Waals surface area contributed by atoms with Crippen LogP contribution in [0, 0.1) is 12.3 Å². The van der Waals surface area contributed by atoms with E-state index < -0.39 is 0 Å². The smallest absolute Gasteiger partial charge is 0.257 e. The average molecular weight is 296 g/mol. The van der Waals surface area contributed by atoms with Gasteiger partial charge in [0.05, 0.1) is 18.3 Å². The molecule has 6 heteroatoms. The number of aryl methyl sites for hydroxylation is 1. The summed E-state index contributed by atoms with van der Waals surface area (Å²) in [6.45, 7) is -0.0615. The van der Waals surface area contributed by atoms with E-state index in [0.717, 1.165) is 0 Å². The third-order valence-electron chi connectivity index (χ3n) is 2.99. The molecular formula is C16H16N4O2. The van der Waals surface area contributed by atoms with Crippen LogP contribution in [0.2, 0.25) is 0 Å². The average Bonchev–Trinajstić information content (AvgIpc) is 2.93. The van der Waals surface area contributed by atoms with Gasteiger partial charge >= 0.3 is 0 Å². The summed E-state index contributed by atoms with van der Waals surface area (Å²) in [5.41, 5.74) is 1.72. The molecule has 0 radical (unpaired) electrons. The first-order valence-corrected chi connectivity index (χ1v) is 6.60. The van der Waals surface area contributed by atoms with Gasteiger partial charge in [-0.3, -0.25) is 14.3 Å². The van der Waals surface area contributed by atoms with E-state index in [2.05, 4.69) is 16.3 Å². The summed E-state index contributed by atoms with van der Waals surface area (Å²) in [5.74, 6) is 1.94. The molecule has 1 heterocycles. The molecule has 0 aliphatic heterocycles. The summed E-state index contributed by atoms with van der Waals surface area (Å²) in [5, 5.41) is 6.65. The molecule has 2 aromatic rings. The van der Waals surface area contributed by atoms with E-state index in [1.807, 2.05) is 0 Å². The molecule has 0 unspecified atom stereocenters. The quantitative estimate of drug-likeness (QED) is 0.860. The zero-order valence-corrected chi connectivity index (χ0v) is 12.4. The molecule has 0 fully saturated rings. The number of carbonyl (C=O) groups excluding carboxylic acids is 2. The molecule has 0 atom stereocenters. The topological polar surface area (TPSA) is 67.2 Å². The molecule has 0 saturated carbocycles. The summed E-state index contributed by atoms with van der Waals surface area (Å²) >= 11 is 0. The summed E-state index contributed by atoms with van der Waals surface area (Å²) < 4.78 is 1.53. The second-order valence-electron chi connectivity index (χ2n) is 4.84. The molecular weight excluding hydrogens is 280 g/mol. The predicted molar refractivity (Wildman–Crippen MR) is 83.2 cm³/mol. The number of likely N-dealkylation sites (N-methyl/N-ethyl adjacent to an activating group) is 1. The number of hydrogen-bond acceptors (Lipinski definition) is 3. The van der Waals surface area contributed by atoms with Crippen LogP contribution in [0.3, 0.4) is 0 Å². The lowest BCUT2D eigenvalue weighted by Gasteiger charge is -2.16. The van der Waals surface area contributed by atoms with Gasteiger partial charge in [0.25, 0.3) is 5.91 Å². The SMILES string of the molecule is C#Cc1cccc(NC(=O)CN(C)C(=O)c2cnn(C)c2)c1. The van der Waals surface area contributed by atoms with E-state index in [0.29, 0.717) is 16.8 Å². The Balaban J connectivity index is 1.96. The van der Waals surface area contributed by atoms with Crippen LogP contribution in [0.1, 0.15) is 15.9 Å². The zero-order valence-electron chi connectivity index (χ0n) is 12.4. The van der Waals surface area contributed by atoms with E-state index in [9.17, 15) is 9.59 Å². The molecule has 1 N–H and O–H groups in total. The highest BCUT2D eigenvalue weighted by atomic mass is 16.2. The van der Waals surface area contributed by atoms with Crippen molar-refractivity contribution in [3.05, 3.63) is 47.8 Å². The maximum Gasteiger partial charge on any atom is 0.257 e. The van der Waals surface area contributed by atoms with Crippen LogP contribution < -0.4 is 5.32 Å². The summed E-state index contributed by atoms with van der Waals surface area (Å²) in [4.78, 5) is 25.4. The Hall–Kier alpha value is -3.07. The number of amides is 2. The molecule has 22 heavy (non-hydrogen) atoms. The van der Waals surface area contributed by atoms with E-state index in [4.69, 9.17) is 6.42 Å². The Morgan fingerprint density at radius 1 is 1.45 bits per heavy atom. The first-order valence-electron chi connectivity index (χ1n) is 6.60. The highest BCUT2D eigenvalue weighted by Crippen LogP contribution is 2.10. The molecule has 2 amide bonds. The number of terminal acetylenes is 1. The van der Waals surface area contributed by atoms with Crippen LogP contribution in [-0.2, 0) is 11.8 Å². The van der Waals surface area contributed by atoms with Crippen LogP contribution in [0.25, 0.3) is 0 Å². The van der Waals surface area contributed by atoms with Crippen molar-refractivity contribution in [1.29, 1.82) is 0 Å². The second kappa shape index (κ2) is 6.59. The lowest BCUT2D eigenvalue weighted by Crippen LogP contribution is -2.34. The lowest BCUT2D eigenvalue weighted by atomic mass is 10.2. The lowest BCUT2D eigenvalue weighted by molar-refractivity contribution is -0.116. The Morgan fingerprint density at radius 3 is 2.86 bits per heavy atom. The van der Waals surface area contributed by atoms with Crippen molar-refractivity contribution in [2.45, 2.75) is 0 Å². The third kappa shape index (κ3) is 3.73. The fraction of sp³-hybridized carbons (Fsp3) is 0.188. The van der Waals surface area contributed by atoms with Gasteiger partial charge in [-0.25, -0.2) is 0 Å². The Labute approximate surface area is 128 Å². The van der Waals surface area contributed by atoms with E-state index in [1.54, 1.807) is 44.6 Å². The van der Waals surface area contributed by atoms with Crippen LogP contribution in [-0.4, -0.2) is 40.1 Å². The van der Waals surface area contributed by atoms with Gasteiger partial charge in [-0.1, -0.05) is 12.0 Å². The minimum Gasteiger partial charge on any atom is -0.332 e. The number of hydrogen-bond donors (Lipinski definition) is 1. The number of carbonyl (C=O) groups is 2. The van der Waals surface area contributed by atoms with E-state index >= 15 is 0 Å². The van der Waals surface area contributed by atoms with Gasteiger partial charge in [0, 0.05) is 31.5 Å². The minimum atomic E-state index is -0.297. The molecule has 0 saturated heterocycles.